The Balaban J connectivity index is 1.76. The van der Waals surface area contributed by atoms with Crippen molar-refractivity contribution in [1.29, 1.82) is 0 Å². The minimum Gasteiger partial charge on any atom is -0.465 e. The van der Waals surface area contributed by atoms with Crippen molar-refractivity contribution >= 4 is 40.1 Å². The average molecular weight is 441 g/mol. The van der Waals surface area contributed by atoms with E-state index in [0.29, 0.717) is 40.4 Å². The van der Waals surface area contributed by atoms with Gasteiger partial charge in [-0.05, 0) is 55.3 Å². The number of benzene rings is 2. The summed E-state index contributed by atoms with van der Waals surface area (Å²) >= 11 is 6.10. The van der Waals surface area contributed by atoms with Gasteiger partial charge >= 0.3 is 5.97 Å². The third-order valence-electron chi connectivity index (χ3n) is 4.97. The summed E-state index contributed by atoms with van der Waals surface area (Å²) in [5, 5.41) is 4.10. The SMILES string of the molecule is COC(=O)c1cccc(N=c2oc3ccc(Cl)cc3cc2C(=O)NC[C@@H]2CCCO2)c1. The Morgan fingerprint density at radius 2 is 2.10 bits per heavy atom. The first kappa shape index (κ1) is 21.1. The fourth-order valence-electron chi connectivity index (χ4n) is 3.39. The van der Waals surface area contributed by atoms with Crippen LogP contribution in [0.4, 0.5) is 5.69 Å². The minimum atomic E-state index is -0.475. The molecule has 1 atom stereocenters. The van der Waals surface area contributed by atoms with Crippen LogP contribution in [0.1, 0.15) is 33.6 Å². The molecule has 2 heterocycles. The molecule has 1 fully saturated rings. The smallest absolute Gasteiger partial charge is 0.337 e. The van der Waals surface area contributed by atoms with E-state index in [1.54, 1.807) is 48.5 Å². The summed E-state index contributed by atoms with van der Waals surface area (Å²) in [5.74, 6) is -0.805. The van der Waals surface area contributed by atoms with E-state index in [2.05, 4.69) is 10.3 Å². The molecule has 0 saturated carbocycles. The maximum atomic E-state index is 13.0. The van der Waals surface area contributed by atoms with Crippen molar-refractivity contribution < 1.29 is 23.5 Å². The highest BCUT2D eigenvalue weighted by Crippen LogP contribution is 2.20. The molecule has 0 aliphatic carbocycles. The molecule has 7 nitrogen and oxygen atoms in total. The van der Waals surface area contributed by atoms with Crippen LogP contribution in [0.25, 0.3) is 11.0 Å². The first-order chi connectivity index (χ1) is 15.0. The van der Waals surface area contributed by atoms with Gasteiger partial charge in [0.05, 0.1) is 24.5 Å². The van der Waals surface area contributed by atoms with E-state index in [0.717, 1.165) is 12.8 Å². The molecule has 4 rings (SSSR count). The number of rotatable bonds is 5. The number of carbonyl (C=O) groups is 2. The van der Waals surface area contributed by atoms with Crippen LogP contribution in [0.3, 0.4) is 0 Å². The van der Waals surface area contributed by atoms with Gasteiger partial charge in [0.15, 0.2) is 0 Å². The molecule has 1 aromatic heterocycles. The van der Waals surface area contributed by atoms with Crippen molar-refractivity contribution in [3.63, 3.8) is 0 Å². The molecular weight excluding hydrogens is 420 g/mol. The summed E-state index contributed by atoms with van der Waals surface area (Å²) in [5.41, 5.74) is 1.72. The Hall–Kier alpha value is -3.16. The molecule has 160 valence electrons. The van der Waals surface area contributed by atoms with Crippen molar-refractivity contribution in [2.45, 2.75) is 18.9 Å². The monoisotopic (exact) mass is 440 g/mol. The highest BCUT2D eigenvalue weighted by molar-refractivity contribution is 6.31. The van der Waals surface area contributed by atoms with Crippen molar-refractivity contribution in [2.75, 3.05) is 20.3 Å². The topological polar surface area (TPSA) is 90.1 Å². The molecule has 1 saturated heterocycles. The first-order valence-electron chi connectivity index (χ1n) is 9.90. The second kappa shape index (κ2) is 9.32. The molecule has 1 N–H and O–H groups in total. The number of nitrogens with zero attached hydrogens (tertiary/aromatic N) is 1. The molecule has 1 aliphatic rings. The lowest BCUT2D eigenvalue weighted by Crippen LogP contribution is -2.34. The summed E-state index contributed by atoms with van der Waals surface area (Å²) in [6.45, 7) is 1.12. The highest BCUT2D eigenvalue weighted by Gasteiger charge is 2.19. The molecule has 8 heteroatoms. The van der Waals surface area contributed by atoms with Gasteiger partial charge in [-0.25, -0.2) is 9.79 Å². The van der Waals surface area contributed by atoms with Crippen LogP contribution in [0, 0.1) is 0 Å². The normalized spacial score (nSPS) is 16.5. The van der Waals surface area contributed by atoms with E-state index >= 15 is 0 Å². The number of esters is 1. The molecule has 31 heavy (non-hydrogen) atoms. The van der Waals surface area contributed by atoms with Gasteiger partial charge in [-0.3, -0.25) is 4.79 Å². The number of hydrogen-bond acceptors (Lipinski definition) is 6. The van der Waals surface area contributed by atoms with E-state index in [4.69, 9.17) is 25.5 Å². The maximum absolute atomic E-state index is 13.0. The van der Waals surface area contributed by atoms with Gasteiger partial charge in [0.25, 0.3) is 5.91 Å². The van der Waals surface area contributed by atoms with E-state index in [9.17, 15) is 9.59 Å². The fourth-order valence-corrected chi connectivity index (χ4v) is 3.57. The van der Waals surface area contributed by atoms with Crippen molar-refractivity contribution in [3.8, 4) is 0 Å². The van der Waals surface area contributed by atoms with Crippen LogP contribution in [0.5, 0.6) is 0 Å². The number of amides is 1. The van der Waals surface area contributed by atoms with Crippen LogP contribution < -0.4 is 10.9 Å². The summed E-state index contributed by atoms with van der Waals surface area (Å²) in [6.07, 6.45) is 1.91. The summed E-state index contributed by atoms with van der Waals surface area (Å²) in [7, 11) is 1.31. The van der Waals surface area contributed by atoms with E-state index in [-0.39, 0.29) is 23.1 Å². The Kier molecular flexibility index (Phi) is 6.34. The van der Waals surface area contributed by atoms with E-state index in [1.165, 1.54) is 7.11 Å². The van der Waals surface area contributed by atoms with Crippen LogP contribution in [0.15, 0.2) is 57.9 Å². The largest absolute Gasteiger partial charge is 0.465 e. The first-order valence-corrected chi connectivity index (χ1v) is 10.3. The zero-order chi connectivity index (χ0) is 21.8. The Bertz CT molecular complexity index is 1200. The number of ether oxygens (including phenoxy) is 2. The lowest BCUT2D eigenvalue weighted by Gasteiger charge is -2.11. The predicted octanol–water partition coefficient (Wildman–Crippen LogP) is 4.01. The molecule has 2 aromatic carbocycles. The van der Waals surface area contributed by atoms with Crippen molar-refractivity contribution in [2.24, 2.45) is 4.99 Å². The zero-order valence-corrected chi connectivity index (χ0v) is 17.6. The van der Waals surface area contributed by atoms with Crippen LogP contribution in [-0.2, 0) is 9.47 Å². The highest BCUT2D eigenvalue weighted by atomic mass is 35.5. The third kappa shape index (κ3) is 4.95. The van der Waals surface area contributed by atoms with E-state index < -0.39 is 5.97 Å². The molecule has 0 unspecified atom stereocenters. The van der Waals surface area contributed by atoms with Crippen molar-refractivity contribution in [1.82, 2.24) is 5.32 Å². The molecule has 0 radical (unpaired) electrons. The third-order valence-corrected chi connectivity index (χ3v) is 5.20. The van der Waals surface area contributed by atoms with Gasteiger partial charge in [0.2, 0.25) is 5.55 Å². The number of carbonyl (C=O) groups excluding carboxylic acids is 2. The number of hydrogen-bond donors (Lipinski definition) is 1. The molecule has 1 amide bonds. The van der Waals surface area contributed by atoms with Gasteiger partial charge in [0.1, 0.15) is 11.1 Å². The molecular formula is C23H21ClN2O5. The molecule has 3 aromatic rings. The second-order valence-corrected chi connectivity index (χ2v) is 7.58. The molecule has 0 bridgehead atoms. The van der Waals surface area contributed by atoms with Crippen molar-refractivity contribution in [3.05, 3.63) is 70.2 Å². The Labute approximate surface area is 183 Å². The number of methoxy groups -OCH3 is 1. The van der Waals surface area contributed by atoms with Crippen LogP contribution in [0.2, 0.25) is 5.02 Å². The maximum Gasteiger partial charge on any atom is 0.337 e. The zero-order valence-electron chi connectivity index (χ0n) is 16.9. The van der Waals surface area contributed by atoms with Gasteiger partial charge < -0.3 is 19.2 Å². The number of nitrogens with one attached hydrogen (secondary N) is 1. The average Bonchev–Trinajstić information content (AvgIpc) is 3.30. The molecule has 0 spiro atoms. The van der Waals surface area contributed by atoms with Crippen LogP contribution in [-0.4, -0.2) is 38.2 Å². The Morgan fingerprint density at radius 1 is 1.23 bits per heavy atom. The predicted molar refractivity (Wildman–Crippen MR) is 116 cm³/mol. The quantitative estimate of drug-likeness (QED) is 0.605. The fraction of sp³-hybridized carbons (Fsp3) is 0.261. The number of fused-ring (bicyclic) bond motifs is 1. The Morgan fingerprint density at radius 3 is 2.87 bits per heavy atom. The lowest BCUT2D eigenvalue weighted by molar-refractivity contribution is 0.0600. The van der Waals surface area contributed by atoms with E-state index in [1.807, 2.05) is 0 Å². The van der Waals surface area contributed by atoms with Crippen LogP contribution >= 0.6 is 11.6 Å². The molecule has 1 aliphatic heterocycles. The van der Waals surface area contributed by atoms with Gasteiger partial charge in [-0.1, -0.05) is 17.7 Å². The summed E-state index contributed by atoms with van der Waals surface area (Å²) in [6, 6.07) is 13.4. The minimum absolute atomic E-state index is 0.00733. The van der Waals surface area contributed by atoms with Gasteiger partial charge in [-0.2, -0.15) is 0 Å². The standard InChI is InChI=1S/C23H21ClN2O5/c1-29-23(28)14-4-2-5-17(11-14)26-22-19(21(27)25-13-18-6-3-9-30-18)12-15-10-16(24)7-8-20(15)31-22/h2,4-5,7-8,10-12,18H,3,6,9,13H2,1H3,(H,25,27)/t18-/m0/s1. The number of halogens is 1. The summed E-state index contributed by atoms with van der Waals surface area (Å²) in [4.78, 5) is 29.3. The van der Waals surface area contributed by atoms with Gasteiger partial charge in [0, 0.05) is 23.6 Å². The lowest BCUT2D eigenvalue weighted by atomic mass is 10.1. The second-order valence-electron chi connectivity index (χ2n) is 7.15. The van der Waals surface area contributed by atoms with Gasteiger partial charge in [-0.15, -0.1) is 0 Å². The summed E-state index contributed by atoms with van der Waals surface area (Å²) < 4.78 is 16.3.